The van der Waals surface area contributed by atoms with Crippen LogP contribution < -0.4 is 16.2 Å². The van der Waals surface area contributed by atoms with Crippen molar-refractivity contribution >= 4 is 11.8 Å². The number of esters is 1. The van der Waals surface area contributed by atoms with Gasteiger partial charge < -0.3 is 15.2 Å². The van der Waals surface area contributed by atoms with Crippen molar-refractivity contribution in [3.63, 3.8) is 0 Å². The zero-order valence-electron chi connectivity index (χ0n) is 20.4. The van der Waals surface area contributed by atoms with Gasteiger partial charge in [-0.2, -0.15) is 10.2 Å². The lowest BCUT2D eigenvalue weighted by Gasteiger charge is -2.22. The van der Waals surface area contributed by atoms with Crippen LogP contribution in [0.25, 0.3) is 5.69 Å². The normalized spacial score (nSPS) is 12.4. The van der Waals surface area contributed by atoms with E-state index in [2.05, 4.69) is 11.1 Å². The molecule has 8 nitrogen and oxygen atoms in total. The predicted molar refractivity (Wildman–Crippen MR) is 139 cm³/mol. The first-order chi connectivity index (χ1) is 17.9. The predicted octanol–water partition coefficient (Wildman–Crippen LogP) is 5.15. The SMILES string of the molecule is CC(C)C(C(=O)OC(C#N)c1cccc(Oc2ccccc2)c1)c1ccc(-n2ccc(N)nc2=O)cc1. The Morgan fingerprint density at radius 2 is 1.65 bits per heavy atom. The monoisotopic (exact) mass is 494 g/mol. The van der Waals surface area contributed by atoms with Crippen LogP contribution in [0.15, 0.2) is 95.9 Å². The van der Waals surface area contributed by atoms with Crippen LogP contribution in [0, 0.1) is 17.2 Å². The Kier molecular flexibility index (Phi) is 7.65. The molecule has 1 aromatic heterocycles. The molecule has 2 atom stereocenters. The molecule has 0 amide bonds. The van der Waals surface area contributed by atoms with Gasteiger partial charge in [-0.15, -0.1) is 0 Å². The van der Waals surface area contributed by atoms with Gasteiger partial charge in [-0.1, -0.05) is 56.3 Å². The number of hydrogen-bond acceptors (Lipinski definition) is 7. The van der Waals surface area contributed by atoms with E-state index in [1.165, 1.54) is 10.6 Å². The smallest absolute Gasteiger partial charge is 0.354 e. The number of anilines is 1. The molecule has 2 unspecified atom stereocenters. The molecule has 0 aliphatic carbocycles. The minimum atomic E-state index is -1.10. The highest BCUT2D eigenvalue weighted by Gasteiger charge is 2.29. The molecule has 2 N–H and O–H groups in total. The van der Waals surface area contributed by atoms with Crippen LogP contribution in [0.3, 0.4) is 0 Å². The maximum atomic E-state index is 13.3. The number of rotatable bonds is 8. The van der Waals surface area contributed by atoms with Gasteiger partial charge in [-0.3, -0.25) is 9.36 Å². The van der Waals surface area contributed by atoms with Crippen molar-refractivity contribution in [2.45, 2.75) is 25.9 Å². The van der Waals surface area contributed by atoms with Gasteiger partial charge in [0.1, 0.15) is 23.4 Å². The quantitative estimate of drug-likeness (QED) is 0.336. The number of hydrogen-bond donors (Lipinski definition) is 1. The van der Waals surface area contributed by atoms with Gasteiger partial charge in [0.2, 0.25) is 6.10 Å². The van der Waals surface area contributed by atoms with Crippen LogP contribution in [0.1, 0.15) is 37.0 Å². The molecule has 0 aliphatic rings. The van der Waals surface area contributed by atoms with Gasteiger partial charge >= 0.3 is 11.7 Å². The van der Waals surface area contributed by atoms with Crippen molar-refractivity contribution in [1.29, 1.82) is 5.26 Å². The summed E-state index contributed by atoms with van der Waals surface area (Å²) < 4.78 is 12.9. The highest BCUT2D eigenvalue weighted by atomic mass is 16.5. The third-order valence-corrected chi connectivity index (χ3v) is 5.77. The van der Waals surface area contributed by atoms with Crippen molar-refractivity contribution in [1.82, 2.24) is 9.55 Å². The second-order valence-corrected chi connectivity index (χ2v) is 8.75. The number of ether oxygens (including phenoxy) is 2. The number of carbonyl (C=O) groups excluding carboxylic acids is 1. The second-order valence-electron chi connectivity index (χ2n) is 8.75. The fourth-order valence-electron chi connectivity index (χ4n) is 3.97. The third-order valence-electron chi connectivity index (χ3n) is 5.77. The molecule has 37 heavy (non-hydrogen) atoms. The van der Waals surface area contributed by atoms with Crippen LogP contribution in [0.2, 0.25) is 0 Å². The summed E-state index contributed by atoms with van der Waals surface area (Å²) >= 11 is 0. The second kappa shape index (κ2) is 11.2. The molecule has 1 heterocycles. The van der Waals surface area contributed by atoms with Crippen LogP contribution in [-0.4, -0.2) is 15.5 Å². The highest BCUT2D eigenvalue weighted by Crippen LogP contribution is 2.31. The summed E-state index contributed by atoms with van der Waals surface area (Å²) in [5.41, 5.74) is 6.87. The molecule has 0 saturated carbocycles. The lowest BCUT2D eigenvalue weighted by Crippen LogP contribution is -2.23. The molecule has 0 fully saturated rings. The Labute approximate surface area is 214 Å². The maximum Gasteiger partial charge on any atom is 0.354 e. The van der Waals surface area contributed by atoms with Crippen LogP contribution in [-0.2, 0) is 9.53 Å². The number of nitriles is 1. The van der Waals surface area contributed by atoms with Gasteiger partial charge in [0.05, 0.1) is 11.6 Å². The fraction of sp³-hybridized carbons (Fsp3) is 0.172. The maximum absolute atomic E-state index is 13.3. The molecule has 0 radical (unpaired) electrons. The summed E-state index contributed by atoms with van der Waals surface area (Å²) in [6, 6.07) is 26.8. The average Bonchev–Trinajstić information content (AvgIpc) is 2.88. The van der Waals surface area contributed by atoms with E-state index in [1.807, 2.05) is 44.2 Å². The summed E-state index contributed by atoms with van der Waals surface area (Å²) in [6.45, 7) is 3.81. The Balaban J connectivity index is 1.53. The number of carbonyl (C=O) groups is 1. The van der Waals surface area contributed by atoms with Gasteiger partial charge in [0.15, 0.2) is 0 Å². The van der Waals surface area contributed by atoms with Crippen molar-refractivity contribution < 1.29 is 14.3 Å². The average molecular weight is 495 g/mol. The third kappa shape index (κ3) is 6.03. The number of aromatic nitrogens is 2. The first kappa shape index (κ1) is 25.2. The van der Waals surface area contributed by atoms with Gasteiger partial charge in [-0.25, -0.2) is 4.79 Å². The topological polar surface area (TPSA) is 120 Å². The Morgan fingerprint density at radius 3 is 2.30 bits per heavy atom. The number of nitrogens with zero attached hydrogens (tertiary/aromatic N) is 3. The number of benzene rings is 3. The van der Waals surface area contributed by atoms with Gasteiger partial charge in [0.25, 0.3) is 0 Å². The van der Waals surface area contributed by atoms with Crippen molar-refractivity contribution in [3.05, 3.63) is 113 Å². The number of nitrogens with two attached hydrogens (primary N) is 1. The molecule has 3 aromatic carbocycles. The minimum Gasteiger partial charge on any atom is -0.457 e. The lowest BCUT2D eigenvalue weighted by atomic mass is 9.88. The Morgan fingerprint density at radius 1 is 0.946 bits per heavy atom. The summed E-state index contributed by atoms with van der Waals surface area (Å²) in [5.74, 6) is 0.0925. The number of para-hydroxylation sites is 1. The van der Waals surface area contributed by atoms with Crippen LogP contribution >= 0.6 is 0 Å². The first-order valence-corrected chi connectivity index (χ1v) is 11.7. The zero-order valence-corrected chi connectivity index (χ0v) is 20.4. The summed E-state index contributed by atoms with van der Waals surface area (Å²) in [4.78, 5) is 29.2. The van der Waals surface area contributed by atoms with E-state index < -0.39 is 23.7 Å². The molecule has 0 bridgehead atoms. The number of nitrogen functional groups attached to an aromatic ring is 1. The first-order valence-electron chi connectivity index (χ1n) is 11.7. The Bertz CT molecular complexity index is 1470. The summed E-state index contributed by atoms with van der Waals surface area (Å²) in [7, 11) is 0. The Hall–Kier alpha value is -4.90. The molecule has 186 valence electrons. The molecule has 0 saturated heterocycles. The van der Waals surface area contributed by atoms with E-state index in [0.717, 1.165) is 0 Å². The van der Waals surface area contributed by atoms with Crippen LogP contribution in [0.4, 0.5) is 5.82 Å². The van der Waals surface area contributed by atoms with Crippen molar-refractivity contribution in [3.8, 4) is 23.3 Å². The van der Waals surface area contributed by atoms with Crippen molar-refractivity contribution in [2.75, 3.05) is 5.73 Å². The molecular formula is C29H26N4O4. The molecular weight excluding hydrogens is 468 g/mol. The van der Waals surface area contributed by atoms with E-state index >= 15 is 0 Å². The highest BCUT2D eigenvalue weighted by molar-refractivity contribution is 5.79. The summed E-state index contributed by atoms with van der Waals surface area (Å²) in [5, 5.41) is 9.79. The molecule has 4 rings (SSSR count). The van der Waals surface area contributed by atoms with E-state index in [0.29, 0.717) is 28.3 Å². The summed E-state index contributed by atoms with van der Waals surface area (Å²) in [6.07, 6.45) is 0.438. The van der Waals surface area contributed by atoms with E-state index in [4.69, 9.17) is 15.2 Å². The zero-order chi connectivity index (χ0) is 26.4. The van der Waals surface area contributed by atoms with Crippen molar-refractivity contribution in [2.24, 2.45) is 5.92 Å². The fourth-order valence-corrected chi connectivity index (χ4v) is 3.97. The standard InChI is InChI=1S/C29H26N4O4/c1-19(2)27(20-11-13-22(14-12-20)33-16-15-26(31)32-29(33)35)28(34)37-25(18-30)21-7-6-10-24(17-21)36-23-8-4-3-5-9-23/h3-17,19,25,27H,1-2H3,(H2,31,32,35). The van der Waals surface area contributed by atoms with Crippen LogP contribution in [0.5, 0.6) is 11.5 Å². The molecule has 8 heteroatoms. The minimum absolute atomic E-state index is 0.105. The van der Waals surface area contributed by atoms with Gasteiger partial charge in [0, 0.05) is 11.8 Å². The molecule has 0 aliphatic heterocycles. The van der Waals surface area contributed by atoms with E-state index in [9.17, 15) is 14.9 Å². The molecule has 4 aromatic rings. The largest absolute Gasteiger partial charge is 0.457 e. The molecule has 0 spiro atoms. The van der Waals surface area contributed by atoms with Gasteiger partial charge in [-0.05, 0) is 53.9 Å². The van der Waals surface area contributed by atoms with E-state index in [-0.39, 0.29) is 11.7 Å². The van der Waals surface area contributed by atoms with E-state index in [1.54, 1.807) is 54.7 Å². The lowest BCUT2D eigenvalue weighted by molar-refractivity contribution is -0.150.